The van der Waals surface area contributed by atoms with Crippen LogP contribution in [-0.4, -0.2) is 31.0 Å². The Kier molecular flexibility index (Phi) is 5.42. The van der Waals surface area contributed by atoms with E-state index < -0.39 is 0 Å². The lowest BCUT2D eigenvalue weighted by atomic mass is 10.3. The molecule has 1 unspecified atom stereocenters. The number of nitrogens with zero attached hydrogens (tertiary/aromatic N) is 1. The molecule has 4 nitrogen and oxygen atoms in total. The van der Waals surface area contributed by atoms with Crippen molar-refractivity contribution < 1.29 is 9.47 Å². The molecule has 1 aromatic rings. The Balaban J connectivity index is 2.71. The maximum absolute atomic E-state index is 5.69. The summed E-state index contributed by atoms with van der Waals surface area (Å²) in [6.07, 6.45) is 1.73. The molecule has 0 radical (unpaired) electrons. The lowest BCUT2D eigenvalue weighted by Crippen LogP contribution is -2.17. The molecule has 2 N–H and O–H groups in total. The normalized spacial score (nSPS) is 12.2. The minimum absolute atomic E-state index is 0.196. The van der Waals surface area contributed by atoms with Gasteiger partial charge in [0.15, 0.2) is 11.5 Å². The van der Waals surface area contributed by atoms with E-state index in [0.717, 1.165) is 17.2 Å². The van der Waals surface area contributed by atoms with Gasteiger partial charge in [-0.25, -0.2) is 0 Å². The molecular formula is C11H18N2O2S. The molecule has 1 heterocycles. The second-order valence-electron chi connectivity index (χ2n) is 3.49. The summed E-state index contributed by atoms with van der Waals surface area (Å²) in [5, 5.41) is 0. The van der Waals surface area contributed by atoms with Crippen molar-refractivity contribution in [1.29, 1.82) is 0 Å². The summed E-state index contributed by atoms with van der Waals surface area (Å²) in [7, 11) is 3.25. The number of aromatic nitrogens is 1. The standard InChI is InChI=1S/C11H18N2O2S/c1-8(12)6-16-7-9-11(15-3)10(14-2)4-5-13-9/h4-5,8H,6-7,12H2,1-3H3. The molecule has 0 aliphatic carbocycles. The first-order chi connectivity index (χ1) is 7.69. The zero-order chi connectivity index (χ0) is 12.0. The predicted molar refractivity (Wildman–Crippen MR) is 67.2 cm³/mol. The van der Waals surface area contributed by atoms with Gasteiger partial charge in [0.25, 0.3) is 0 Å². The highest BCUT2D eigenvalue weighted by Gasteiger charge is 2.10. The summed E-state index contributed by atoms with van der Waals surface area (Å²) in [6.45, 7) is 1.99. The van der Waals surface area contributed by atoms with Crippen molar-refractivity contribution in [2.75, 3.05) is 20.0 Å². The van der Waals surface area contributed by atoms with Crippen molar-refractivity contribution in [3.63, 3.8) is 0 Å². The van der Waals surface area contributed by atoms with Gasteiger partial charge in [0.2, 0.25) is 0 Å². The number of hydrogen-bond donors (Lipinski definition) is 1. The molecule has 0 aliphatic rings. The molecule has 0 saturated carbocycles. The summed E-state index contributed by atoms with van der Waals surface area (Å²) >= 11 is 1.74. The summed E-state index contributed by atoms with van der Waals surface area (Å²) in [6, 6.07) is 1.99. The highest BCUT2D eigenvalue weighted by atomic mass is 32.2. The van der Waals surface area contributed by atoms with Crippen LogP contribution < -0.4 is 15.2 Å². The third-order valence-electron chi connectivity index (χ3n) is 1.99. The molecule has 0 saturated heterocycles. The van der Waals surface area contributed by atoms with Gasteiger partial charge in [-0.3, -0.25) is 4.98 Å². The van der Waals surface area contributed by atoms with E-state index in [1.807, 2.05) is 6.92 Å². The molecule has 0 amide bonds. The van der Waals surface area contributed by atoms with Crippen molar-refractivity contribution in [3.8, 4) is 11.5 Å². The maximum atomic E-state index is 5.69. The van der Waals surface area contributed by atoms with Gasteiger partial charge in [-0.15, -0.1) is 0 Å². The van der Waals surface area contributed by atoms with Crippen molar-refractivity contribution in [2.45, 2.75) is 18.7 Å². The van der Waals surface area contributed by atoms with Crippen LogP contribution >= 0.6 is 11.8 Å². The van der Waals surface area contributed by atoms with E-state index in [1.54, 1.807) is 38.2 Å². The first-order valence-electron chi connectivity index (χ1n) is 5.08. The molecular weight excluding hydrogens is 224 g/mol. The zero-order valence-corrected chi connectivity index (χ0v) is 10.7. The Labute approximate surface area is 101 Å². The number of nitrogens with two attached hydrogens (primary N) is 1. The highest BCUT2D eigenvalue weighted by molar-refractivity contribution is 7.98. The Hall–Kier alpha value is -0.940. The SMILES string of the molecule is COc1ccnc(CSCC(C)N)c1OC. The molecule has 0 spiro atoms. The van der Waals surface area contributed by atoms with Gasteiger partial charge >= 0.3 is 0 Å². The fraction of sp³-hybridized carbons (Fsp3) is 0.545. The maximum Gasteiger partial charge on any atom is 0.183 e. The smallest absolute Gasteiger partial charge is 0.183 e. The third-order valence-corrected chi connectivity index (χ3v) is 3.22. The Morgan fingerprint density at radius 1 is 1.44 bits per heavy atom. The minimum Gasteiger partial charge on any atom is -0.493 e. The lowest BCUT2D eigenvalue weighted by molar-refractivity contribution is 0.350. The van der Waals surface area contributed by atoms with Crippen LogP contribution in [0.15, 0.2) is 12.3 Å². The fourth-order valence-corrected chi connectivity index (χ4v) is 2.18. The molecule has 0 aromatic carbocycles. The van der Waals surface area contributed by atoms with Crippen LogP contribution in [0.25, 0.3) is 0 Å². The van der Waals surface area contributed by atoms with Gasteiger partial charge in [-0.2, -0.15) is 11.8 Å². The average Bonchev–Trinajstić information content (AvgIpc) is 2.28. The number of rotatable bonds is 6. The van der Waals surface area contributed by atoms with Crippen molar-refractivity contribution in [2.24, 2.45) is 5.73 Å². The molecule has 5 heteroatoms. The van der Waals surface area contributed by atoms with Gasteiger partial charge < -0.3 is 15.2 Å². The molecule has 0 aliphatic heterocycles. The van der Waals surface area contributed by atoms with Gasteiger partial charge in [0.1, 0.15) is 0 Å². The first-order valence-corrected chi connectivity index (χ1v) is 6.23. The van der Waals surface area contributed by atoms with E-state index in [-0.39, 0.29) is 6.04 Å². The molecule has 90 valence electrons. The van der Waals surface area contributed by atoms with Crippen molar-refractivity contribution >= 4 is 11.8 Å². The lowest BCUT2D eigenvalue weighted by Gasteiger charge is -2.11. The Morgan fingerprint density at radius 2 is 2.19 bits per heavy atom. The molecule has 1 aromatic heterocycles. The quantitative estimate of drug-likeness (QED) is 0.822. The number of thioether (sulfide) groups is 1. The fourth-order valence-electron chi connectivity index (χ4n) is 1.29. The van der Waals surface area contributed by atoms with Crippen LogP contribution in [0.1, 0.15) is 12.6 Å². The monoisotopic (exact) mass is 242 g/mol. The van der Waals surface area contributed by atoms with E-state index in [4.69, 9.17) is 15.2 Å². The van der Waals surface area contributed by atoms with Gasteiger partial charge in [0.05, 0.1) is 19.9 Å². The van der Waals surface area contributed by atoms with E-state index >= 15 is 0 Å². The van der Waals surface area contributed by atoms with Crippen LogP contribution in [0, 0.1) is 0 Å². The molecule has 1 atom stereocenters. The number of methoxy groups -OCH3 is 2. The molecule has 0 bridgehead atoms. The van der Waals surface area contributed by atoms with Gasteiger partial charge in [0, 0.05) is 29.8 Å². The largest absolute Gasteiger partial charge is 0.493 e. The third kappa shape index (κ3) is 3.57. The van der Waals surface area contributed by atoms with E-state index in [1.165, 1.54) is 0 Å². The van der Waals surface area contributed by atoms with E-state index in [0.29, 0.717) is 11.5 Å². The van der Waals surface area contributed by atoms with E-state index in [2.05, 4.69) is 4.98 Å². The summed E-state index contributed by atoms with van der Waals surface area (Å²) in [4.78, 5) is 4.29. The van der Waals surface area contributed by atoms with Crippen LogP contribution in [-0.2, 0) is 5.75 Å². The molecule has 16 heavy (non-hydrogen) atoms. The second-order valence-corrected chi connectivity index (χ2v) is 4.52. The van der Waals surface area contributed by atoms with Crippen molar-refractivity contribution in [1.82, 2.24) is 4.98 Å². The van der Waals surface area contributed by atoms with Gasteiger partial charge in [-0.05, 0) is 6.92 Å². The van der Waals surface area contributed by atoms with Crippen LogP contribution in [0.5, 0.6) is 11.5 Å². The zero-order valence-electron chi connectivity index (χ0n) is 9.90. The van der Waals surface area contributed by atoms with Gasteiger partial charge in [-0.1, -0.05) is 0 Å². The first kappa shape index (κ1) is 13.1. The number of ether oxygens (including phenoxy) is 2. The van der Waals surface area contributed by atoms with Crippen LogP contribution in [0.2, 0.25) is 0 Å². The minimum atomic E-state index is 0.196. The van der Waals surface area contributed by atoms with Crippen molar-refractivity contribution in [3.05, 3.63) is 18.0 Å². The van der Waals surface area contributed by atoms with Crippen LogP contribution in [0.4, 0.5) is 0 Å². The highest BCUT2D eigenvalue weighted by Crippen LogP contribution is 2.31. The Bertz CT molecular complexity index is 332. The van der Waals surface area contributed by atoms with E-state index in [9.17, 15) is 0 Å². The summed E-state index contributed by atoms with van der Waals surface area (Å²) in [5.74, 6) is 3.11. The molecule has 1 rings (SSSR count). The Morgan fingerprint density at radius 3 is 2.75 bits per heavy atom. The van der Waals surface area contributed by atoms with Crippen LogP contribution in [0.3, 0.4) is 0 Å². The topological polar surface area (TPSA) is 57.4 Å². The number of hydrogen-bond acceptors (Lipinski definition) is 5. The summed E-state index contributed by atoms with van der Waals surface area (Å²) in [5.41, 5.74) is 6.58. The second kappa shape index (κ2) is 6.60. The predicted octanol–water partition coefficient (Wildman–Crippen LogP) is 1.68. The number of pyridine rings is 1. The molecule has 0 fully saturated rings. The summed E-state index contributed by atoms with van der Waals surface area (Å²) < 4.78 is 10.5. The average molecular weight is 242 g/mol.